The van der Waals surface area contributed by atoms with E-state index in [9.17, 15) is 9.59 Å². The van der Waals surface area contributed by atoms with Crippen molar-refractivity contribution in [2.75, 3.05) is 5.32 Å². The third kappa shape index (κ3) is 3.55. The van der Waals surface area contributed by atoms with Crippen LogP contribution in [0.15, 0.2) is 72.2 Å². The molecule has 0 spiro atoms. The minimum atomic E-state index is -0.128. The maximum Gasteiger partial charge on any atom is 0.244 e. The predicted octanol–water partition coefficient (Wildman–Crippen LogP) is 4.88. The van der Waals surface area contributed by atoms with Gasteiger partial charge in [-0.1, -0.05) is 36.4 Å². The van der Waals surface area contributed by atoms with Crippen LogP contribution in [0.3, 0.4) is 0 Å². The van der Waals surface area contributed by atoms with Gasteiger partial charge in [0.25, 0.3) is 0 Å². The number of amides is 1. The number of benzene rings is 2. The van der Waals surface area contributed by atoms with E-state index < -0.39 is 0 Å². The van der Waals surface area contributed by atoms with E-state index >= 15 is 0 Å². The van der Waals surface area contributed by atoms with Crippen LogP contribution < -0.4 is 5.32 Å². The Bertz CT molecular complexity index is 1130. The van der Waals surface area contributed by atoms with Crippen molar-refractivity contribution in [3.63, 3.8) is 0 Å². The number of anilines is 1. The Balaban J connectivity index is 1.64. The average Bonchev–Trinajstić information content (AvgIpc) is 3.30. The predicted molar refractivity (Wildman–Crippen MR) is 109 cm³/mol. The van der Waals surface area contributed by atoms with E-state index in [-0.39, 0.29) is 18.2 Å². The fourth-order valence-electron chi connectivity index (χ4n) is 3.18. The first kappa shape index (κ1) is 17.2. The van der Waals surface area contributed by atoms with Gasteiger partial charge in [-0.15, -0.1) is 11.3 Å². The van der Waals surface area contributed by atoms with E-state index in [1.54, 1.807) is 6.20 Å². The van der Waals surface area contributed by atoms with Crippen molar-refractivity contribution in [2.45, 2.75) is 13.5 Å². The maximum absolute atomic E-state index is 12.8. The molecule has 2 aromatic heterocycles. The van der Waals surface area contributed by atoms with Crippen LogP contribution in [0.5, 0.6) is 0 Å². The van der Waals surface area contributed by atoms with Crippen molar-refractivity contribution in [1.29, 1.82) is 0 Å². The van der Waals surface area contributed by atoms with Crippen molar-refractivity contribution in [3.8, 4) is 0 Å². The molecule has 27 heavy (non-hydrogen) atoms. The van der Waals surface area contributed by atoms with Gasteiger partial charge in [0, 0.05) is 28.4 Å². The lowest BCUT2D eigenvalue weighted by Crippen LogP contribution is -2.18. The van der Waals surface area contributed by atoms with Crippen LogP contribution in [0.25, 0.3) is 10.9 Å². The molecule has 0 fully saturated rings. The van der Waals surface area contributed by atoms with Crippen LogP contribution >= 0.6 is 11.3 Å². The van der Waals surface area contributed by atoms with Gasteiger partial charge in [0.1, 0.15) is 6.54 Å². The van der Waals surface area contributed by atoms with Crippen LogP contribution in [0, 0.1) is 6.92 Å². The van der Waals surface area contributed by atoms with Crippen molar-refractivity contribution in [1.82, 2.24) is 4.57 Å². The number of nitrogens with one attached hydrogen (secondary N) is 1. The highest BCUT2D eigenvalue weighted by atomic mass is 32.1. The second-order valence-electron chi connectivity index (χ2n) is 6.41. The molecule has 4 nitrogen and oxygen atoms in total. The summed E-state index contributed by atoms with van der Waals surface area (Å²) in [6, 6.07) is 19.1. The van der Waals surface area contributed by atoms with Gasteiger partial charge < -0.3 is 9.88 Å². The molecule has 0 saturated carbocycles. The summed E-state index contributed by atoms with van der Waals surface area (Å²) in [6.07, 6.45) is 1.78. The molecule has 1 amide bonds. The van der Waals surface area contributed by atoms with Crippen LogP contribution in [0.2, 0.25) is 0 Å². The van der Waals surface area contributed by atoms with Gasteiger partial charge in [0.15, 0.2) is 0 Å². The first-order chi connectivity index (χ1) is 13.1. The Morgan fingerprint density at radius 2 is 1.89 bits per heavy atom. The molecule has 0 saturated heterocycles. The lowest BCUT2D eigenvalue weighted by atomic mass is 10.1. The van der Waals surface area contributed by atoms with Gasteiger partial charge in [0.05, 0.1) is 4.88 Å². The summed E-state index contributed by atoms with van der Waals surface area (Å²) in [5.41, 5.74) is 3.35. The van der Waals surface area contributed by atoms with Crippen LogP contribution in [0.4, 0.5) is 5.69 Å². The minimum Gasteiger partial charge on any atom is -0.337 e. The van der Waals surface area contributed by atoms with Crippen LogP contribution in [-0.2, 0) is 11.3 Å². The topological polar surface area (TPSA) is 51.1 Å². The number of hydrogen-bond acceptors (Lipinski definition) is 3. The van der Waals surface area contributed by atoms with E-state index in [1.807, 2.05) is 77.5 Å². The molecule has 0 atom stereocenters. The molecule has 0 aliphatic carbocycles. The number of hydrogen-bond donors (Lipinski definition) is 1. The van der Waals surface area contributed by atoms with Crippen molar-refractivity contribution >= 4 is 39.6 Å². The van der Waals surface area contributed by atoms with Crippen LogP contribution in [-0.4, -0.2) is 16.3 Å². The SMILES string of the molecule is Cc1cccc(NC(=O)Cn2cc(C(=O)c3cccs3)c3ccccc32)c1. The molecule has 5 heteroatoms. The van der Waals surface area contributed by atoms with Gasteiger partial charge in [-0.05, 0) is 42.1 Å². The third-order valence-corrected chi connectivity index (χ3v) is 5.26. The van der Waals surface area contributed by atoms with E-state index in [1.165, 1.54) is 11.3 Å². The molecule has 0 bridgehead atoms. The highest BCUT2D eigenvalue weighted by molar-refractivity contribution is 7.12. The zero-order valence-corrected chi connectivity index (χ0v) is 15.6. The zero-order valence-electron chi connectivity index (χ0n) is 14.8. The fraction of sp³-hybridized carbons (Fsp3) is 0.0909. The van der Waals surface area contributed by atoms with E-state index in [4.69, 9.17) is 0 Å². The maximum atomic E-state index is 12.8. The van der Waals surface area contributed by atoms with Crippen LogP contribution in [0.1, 0.15) is 20.8 Å². The summed E-state index contributed by atoms with van der Waals surface area (Å²) >= 11 is 1.42. The number of aryl methyl sites for hydroxylation is 1. The molecule has 0 unspecified atom stereocenters. The average molecular weight is 374 g/mol. The lowest BCUT2D eigenvalue weighted by molar-refractivity contribution is -0.116. The number of carbonyl (C=O) groups is 2. The largest absolute Gasteiger partial charge is 0.337 e. The standard InChI is InChI=1S/C22H18N2O2S/c1-15-6-4-7-16(12-15)23-21(25)14-24-13-18(17-8-2-3-9-19(17)24)22(26)20-10-5-11-27-20/h2-13H,14H2,1H3,(H,23,25). The molecule has 0 radical (unpaired) electrons. The van der Waals surface area contributed by atoms with Crippen molar-refractivity contribution in [2.24, 2.45) is 0 Å². The van der Waals surface area contributed by atoms with Gasteiger partial charge in [-0.25, -0.2) is 0 Å². The molecule has 0 aliphatic rings. The monoisotopic (exact) mass is 374 g/mol. The molecular formula is C22H18N2O2S. The molecule has 2 heterocycles. The summed E-state index contributed by atoms with van der Waals surface area (Å²) in [6.45, 7) is 2.13. The molecule has 4 rings (SSSR count). The summed E-state index contributed by atoms with van der Waals surface area (Å²) in [5, 5.41) is 5.67. The first-order valence-electron chi connectivity index (χ1n) is 8.64. The third-order valence-electron chi connectivity index (χ3n) is 4.39. The molecule has 134 valence electrons. The smallest absolute Gasteiger partial charge is 0.244 e. The summed E-state index contributed by atoms with van der Waals surface area (Å²) in [5.74, 6) is -0.143. The number of carbonyl (C=O) groups excluding carboxylic acids is 2. The molecule has 1 N–H and O–H groups in total. The summed E-state index contributed by atoms with van der Waals surface area (Å²) in [4.78, 5) is 26.1. The quantitative estimate of drug-likeness (QED) is 0.506. The zero-order chi connectivity index (χ0) is 18.8. The van der Waals surface area contributed by atoms with Gasteiger partial charge >= 0.3 is 0 Å². The second kappa shape index (κ2) is 7.21. The van der Waals surface area contributed by atoms with Gasteiger partial charge in [-0.3, -0.25) is 9.59 Å². The highest BCUT2D eigenvalue weighted by Crippen LogP contribution is 2.25. The van der Waals surface area contributed by atoms with E-state index in [0.717, 1.165) is 22.2 Å². The van der Waals surface area contributed by atoms with Gasteiger partial charge in [-0.2, -0.15) is 0 Å². The fourth-order valence-corrected chi connectivity index (χ4v) is 3.85. The van der Waals surface area contributed by atoms with Crippen molar-refractivity contribution in [3.05, 3.63) is 88.2 Å². The Morgan fingerprint density at radius 3 is 2.67 bits per heavy atom. The number of nitrogens with zero attached hydrogens (tertiary/aromatic N) is 1. The summed E-state index contributed by atoms with van der Waals surface area (Å²) < 4.78 is 1.83. The molecule has 2 aromatic carbocycles. The normalized spacial score (nSPS) is 10.9. The lowest BCUT2D eigenvalue weighted by Gasteiger charge is -2.08. The highest BCUT2D eigenvalue weighted by Gasteiger charge is 2.18. The number of thiophene rings is 1. The number of aromatic nitrogens is 1. The molecule has 4 aromatic rings. The number of ketones is 1. The number of rotatable bonds is 5. The van der Waals surface area contributed by atoms with E-state index in [0.29, 0.717) is 10.4 Å². The van der Waals surface area contributed by atoms with Crippen molar-refractivity contribution < 1.29 is 9.59 Å². The number of para-hydroxylation sites is 1. The number of fused-ring (bicyclic) bond motifs is 1. The van der Waals surface area contributed by atoms with Gasteiger partial charge in [0.2, 0.25) is 11.7 Å². The Hall–Kier alpha value is -3.18. The summed E-state index contributed by atoms with van der Waals surface area (Å²) in [7, 11) is 0. The Morgan fingerprint density at radius 1 is 1.04 bits per heavy atom. The Labute approximate surface area is 161 Å². The molecular weight excluding hydrogens is 356 g/mol. The first-order valence-corrected chi connectivity index (χ1v) is 9.52. The molecule has 0 aliphatic heterocycles. The minimum absolute atomic E-state index is 0.0148. The Kier molecular flexibility index (Phi) is 4.60. The second-order valence-corrected chi connectivity index (χ2v) is 7.36. The van der Waals surface area contributed by atoms with E-state index in [2.05, 4.69) is 5.32 Å².